The second-order valence-corrected chi connectivity index (χ2v) is 4.63. The van der Waals surface area contributed by atoms with Crippen molar-refractivity contribution in [2.45, 2.75) is 12.3 Å². The molecule has 3 nitrogen and oxygen atoms in total. The standard InChI is InChI=1S/C6H16N3S.2BrH/c1-5(9(2,3)4)10-6(7)8;;/h5H,1-4H3,(H3,7,8);2*1H/q+1;;. The molecule has 0 radical (unpaired) electrons. The fraction of sp³-hybridized carbons (Fsp3) is 0.833. The van der Waals surface area contributed by atoms with Crippen LogP contribution >= 0.6 is 28.7 Å². The van der Waals surface area contributed by atoms with Crippen LogP contribution in [0.25, 0.3) is 0 Å². The maximum atomic E-state index is 5.34. The SMILES string of the molecule is Br.CC(SC(N)=[NH2+])[N+](C)(C)C.[Br-]. The van der Waals surface area contributed by atoms with Crippen molar-refractivity contribution >= 4 is 33.9 Å². The summed E-state index contributed by atoms with van der Waals surface area (Å²) < 4.78 is 0.864. The van der Waals surface area contributed by atoms with Gasteiger partial charge in [0.05, 0.1) is 21.1 Å². The van der Waals surface area contributed by atoms with Crippen molar-refractivity contribution in [1.82, 2.24) is 0 Å². The van der Waals surface area contributed by atoms with Gasteiger partial charge < -0.3 is 21.5 Å². The van der Waals surface area contributed by atoms with Gasteiger partial charge in [0.1, 0.15) is 5.37 Å². The number of hydrogen-bond donors (Lipinski definition) is 2. The predicted molar refractivity (Wildman–Crippen MR) is 56.5 cm³/mol. The third-order valence-corrected chi connectivity index (χ3v) is 2.64. The molecule has 4 N–H and O–H groups in total. The summed E-state index contributed by atoms with van der Waals surface area (Å²) in [5, 5.41) is 6.19. The maximum absolute atomic E-state index is 5.34. The van der Waals surface area contributed by atoms with Crippen LogP contribution in [0.2, 0.25) is 0 Å². The van der Waals surface area contributed by atoms with Gasteiger partial charge in [-0.2, -0.15) is 0 Å². The monoisotopic (exact) mass is 322 g/mol. The van der Waals surface area contributed by atoms with Crippen LogP contribution in [-0.4, -0.2) is 36.2 Å². The zero-order valence-electron chi connectivity index (χ0n) is 7.87. The molecule has 0 heterocycles. The quantitative estimate of drug-likeness (QED) is 0.239. The lowest BCUT2D eigenvalue weighted by atomic mass is 10.6. The normalized spacial score (nSPS) is 12.3. The van der Waals surface area contributed by atoms with Crippen LogP contribution in [0, 0.1) is 0 Å². The lowest BCUT2D eigenvalue weighted by Crippen LogP contribution is -3.00. The van der Waals surface area contributed by atoms with E-state index >= 15 is 0 Å². The summed E-state index contributed by atoms with van der Waals surface area (Å²) in [7, 11) is 6.34. The van der Waals surface area contributed by atoms with E-state index in [1.54, 1.807) is 0 Å². The van der Waals surface area contributed by atoms with Crippen LogP contribution in [0.1, 0.15) is 6.92 Å². The fourth-order valence-corrected chi connectivity index (χ4v) is 1.07. The average molecular weight is 324 g/mol. The Bertz CT molecular complexity index is 135. The van der Waals surface area contributed by atoms with Crippen molar-refractivity contribution < 1.29 is 26.9 Å². The molecule has 0 saturated heterocycles. The molecule has 0 aliphatic heterocycles. The molecule has 1 atom stereocenters. The minimum Gasteiger partial charge on any atom is -1.00 e. The topological polar surface area (TPSA) is 51.6 Å². The Morgan fingerprint density at radius 1 is 1.42 bits per heavy atom. The van der Waals surface area contributed by atoms with Crippen LogP contribution in [0.15, 0.2) is 0 Å². The van der Waals surface area contributed by atoms with Crippen LogP contribution in [-0.2, 0) is 0 Å². The zero-order valence-corrected chi connectivity index (χ0v) is 12.0. The van der Waals surface area contributed by atoms with Crippen molar-refractivity contribution in [2.75, 3.05) is 21.1 Å². The van der Waals surface area contributed by atoms with E-state index in [4.69, 9.17) is 11.1 Å². The van der Waals surface area contributed by atoms with E-state index in [9.17, 15) is 0 Å². The molecule has 0 aliphatic carbocycles. The minimum absolute atomic E-state index is 0. The Morgan fingerprint density at radius 3 is 1.83 bits per heavy atom. The molecule has 0 aromatic carbocycles. The van der Waals surface area contributed by atoms with Crippen molar-refractivity contribution in [3.8, 4) is 0 Å². The van der Waals surface area contributed by atoms with Gasteiger partial charge in [-0.3, -0.25) is 11.1 Å². The van der Waals surface area contributed by atoms with E-state index in [1.165, 1.54) is 11.8 Å². The number of thioether (sulfide) groups is 1. The van der Waals surface area contributed by atoms with Gasteiger partial charge in [0, 0.05) is 11.8 Å². The van der Waals surface area contributed by atoms with Gasteiger partial charge in [0.25, 0.3) is 0 Å². The van der Waals surface area contributed by atoms with Gasteiger partial charge in [-0.15, -0.1) is 17.0 Å². The Labute approximate surface area is 99.7 Å². The number of nitrogens with two attached hydrogens (primary N) is 2. The number of hydrogen-bond acceptors (Lipinski definition) is 1. The van der Waals surface area contributed by atoms with E-state index in [1.807, 2.05) is 0 Å². The molecule has 0 amide bonds. The highest BCUT2D eigenvalue weighted by atomic mass is 79.9. The minimum atomic E-state index is 0. The third-order valence-electron chi connectivity index (χ3n) is 1.40. The molecule has 0 bridgehead atoms. The molecule has 0 fully saturated rings. The second-order valence-electron chi connectivity index (χ2n) is 3.24. The molecule has 0 spiro atoms. The second kappa shape index (κ2) is 7.17. The summed E-state index contributed by atoms with van der Waals surface area (Å²) in [6, 6.07) is 0. The van der Waals surface area contributed by atoms with Crippen molar-refractivity contribution in [1.29, 1.82) is 0 Å². The van der Waals surface area contributed by atoms with Crippen molar-refractivity contribution in [3.63, 3.8) is 0 Å². The molecule has 76 valence electrons. The average Bonchev–Trinajstić information content (AvgIpc) is 1.60. The van der Waals surface area contributed by atoms with E-state index in [0.29, 0.717) is 10.5 Å². The number of amidine groups is 1. The molecule has 1 unspecified atom stereocenters. The first kappa shape index (κ1) is 18.5. The first-order chi connectivity index (χ1) is 4.34. The van der Waals surface area contributed by atoms with Gasteiger partial charge in [0.2, 0.25) is 0 Å². The van der Waals surface area contributed by atoms with Gasteiger partial charge in [-0.25, -0.2) is 0 Å². The van der Waals surface area contributed by atoms with Crippen LogP contribution in [0.4, 0.5) is 0 Å². The van der Waals surface area contributed by atoms with Gasteiger partial charge >= 0.3 is 5.17 Å². The Balaban J connectivity index is -0.000000405. The van der Waals surface area contributed by atoms with E-state index < -0.39 is 0 Å². The first-order valence-electron chi connectivity index (χ1n) is 3.19. The highest BCUT2D eigenvalue weighted by Crippen LogP contribution is 2.15. The highest BCUT2D eigenvalue weighted by molar-refractivity contribution is 8.93. The lowest BCUT2D eigenvalue weighted by Gasteiger charge is -2.29. The molecule has 0 rings (SSSR count). The molecule has 0 saturated carbocycles. The smallest absolute Gasteiger partial charge is 0.305 e. The van der Waals surface area contributed by atoms with E-state index in [2.05, 4.69) is 28.1 Å². The maximum Gasteiger partial charge on any atom is 0.305 e. The Hall–Kier alpha value is 0.740. The Kier molecular flexibility index (Phi) is 11.1. The number of nitrogens with zero attached hydrogens (tertiary/aromatic N) is 1. The third kappa shape index (κ3) is 8.83. The van der Waals surface area contributed by atoms with Crippen LogP contribution < -0.4 is 28.1 Å². The zero-order chi connectivity index (χ0) is 8.36. The number of halogens is 2. The van der Waals surface area contributed by atoms with Gasteiger partial charge in [0.15, 0.2) is 0 Å². The predicted octanol–water partition coefficient (Wildman–Crippen LogP) is -3.57. The summed E-state index contributed by atoms with van der Waals surface area (Å²) in [6.07, 6.45) is 0. The summed E-state index contributed by atoms with van der Waals surface area (Å²) in [4.78, 5) is 0. The van der Waals surface area contributed by atoms with Crippen LogP contribution in [0.3, 0.4) is 0 Å². The van der Waals surface area contributed by atoms with E-state index in [0.717, 1.165) is 4.48 Å². The van der Waals surface area contributed by atoms with Crippen molar-refractivity contribution in [2.24, 2.45) is 5.73 Å². The highest BCUT2D eigenvalue weighted by Gasteiger charge is 2.21. The van der Waals surface area contributed by atoms with Gasteiger partial charge in [-0.1, -0.05) is 0 Å². The summed E-state index contributed by atoms with van der Waals surface area (Å²) >= 11 is 1.51. The summed E-state index contributed by atoms with van der Waals surface area (Å²) in [5.74, 6) is 0. The molecular formula is C6H18Br2N3S+. The molecule has 6 heteroatoms. The summed E-state index contributed by atoms with van der Waals surface area (Å²) in [5.41, 5.74) is 5.34. The number of quaternary nitrogens is 1. The largest absolute Gasteiger partial charge is 1.00 e. The molecule has 12 heavy (non-hydrogen) atoms. The first-order valence-corrected chi connectivity index (χ1v) is 4.07. The molecule has 0 aromatic rings. The van der Waals surface area contributed by atoms with Crippen LogP contribution in [0.5, 0.6) is 0 Å². The fourth-order valence-electron chi connectivity index (χ4n) is 0.355. The lowest BCUT2D eigenvalue weighted by molar-refractivity contribution is -0.878. The van der Waals surface area contributed by atoms with E-state index in [-0.39, 0.29) is 34.0 Å². The molecule has 0 aromatic heterocycles. The summed E-state index contributed by atoms with van der Waals surface area (Å²) in [6.45, 7) is 2.10. The molecule has 0 aliphatic rings. The number of rotatable bonds is 2. The molecular weight excluding hydrogens is 306 g/mol. The van der Waals surface area contributed by atoms with Crippen molar-refractivity contribution in [3.05, 3.63) is 0 Å². The van der Waals surface area contributed by atoms with Gasteiger partial charge in [-0.05, 0) is 6.92 Å². The Morgan fingerprint density at radius 2 is 1.75 bits per heavy atom.